The van der Waals surface area contributed by atoms with E-state index >= 15 is 0 Å². The second kappa shape index (κ2) is 24.5. The van der Waals surface area contributed by atoms with E-state index in [2.05, 4.69) is 357 Å². The van der Waals surface area contributed by atoms with Gasteiger partial charge in [-0.3, -0.25) is 0 Å². The maximum Gasteiger partial charge on any atom is 0.161 e. The van der Waals surface area contributed by atoms with Crippen LogP contribution in [0.5, 0.6) is 0 Å². The van der Waals surface area contributed by atoms with Crippen LogP contribution in [0.3, 0.4) is 0 Å². The SMILES string of the molecule is C[Si](C)(C)C(c1cc(C([Si](C)(C)C)[Si](C)(C)C)c([Si]23c4ccccc4C(c4ccccc42)[Si]2(c4c(C([Si](C)(C)C)[Si](C)(C)C)cc(C([Si](C)(C)C)[Si](C)(C)C)cc4C([Si](C)(C)C)[Si](C)(C)C)c4ccccc4C3c3ccccc32)c(C([Si](C)(C)C)[Si](C)(C)C)c1)[Si](C)(C)C. The summed E-state index contributed by atoms with van der Waals surface area (Å²) in [6.45, 7) is 101. The van der Waals surface area contributed by atoms with Crippen LogP contribution < -0.4 is 31.1 Å². The summed E-state index contributed by atoms with van der Waals surface area (Å²) in [7, 11) is -29.9. The summed E-state index contributed by atoms with van der Waals surface area (Å²) in [4.78, 5) is 0. The Morgan fingerprint density at radius 2 is 0.362 bits per heavy atom. The lowest BCUT2D eigenvalue weighted by Crippen LogP contribution is -2.86. The van der Waals surface area contributed by atoms with Crippen molar-refractivity contribution in [2.24, 2.45) is 0 Å². The largest absolute Gasteiger partial charge is 0.161 e. The average molecular weight is 1490 g/mol. The normalized spacial score (nSPS) is 20.1. The maximum absolute atomic E-state index is 3.38. The van der Waals surface area contributed by atoms with Gasteiger partial charge in [-0.2, -0.15) is 0 Å². The molecule has 6 aromatic carbocycles. The molecule has 0 amide bonds. The zero-order chi connectivity index (χ0) is 71.0. The average Bonchev–Trinajstić information content (AvgIpc) is 0.641. The van der Waals surface area contributed by atoms with Crippen LogP contribution >= 0.6 is 0 Å². The summed E-state index contributed by atoms with van der Waals surface area (Å²) in [5.41, 5.74) is 18.2. The fraction of sp³-hybridized carbons (Fsp3) is 0.550. The molecular weight excluding hydrogens is 1350 g/mol. The molecule has 0 unspecified atom stereocenters. The Labute approximate surface area is 593 Å². The molecule has 0 aromatic heterocycles. The quantitative estimate of drug-likeness (QED) is 0.0669. The van der Waals surface area contributed by atoms with E-state index < -0.39 is 113 Å². The van der Waals surface area contributed by atoms with Crippen molar-refractivity contribution in [1.82, 2.24) is 0 Å². The van der Waals surface area contributed by atoms with Crippen LogP contribution in [0.2, 0.25) is 236 Å². The summed E-state index contributed by atoms with van der Waals surface area (Å²) in [5.74, 6) is 0. The van der Waals surface area contributed by atoms with Crippen LogP contribution in [0.15, 0.2) is 121 Å². The smallest absolute Gasteiger partial charge is 0.0693 e. The first-order chi connectivity index (χ1) is 42.3. The van der Waals surface area contributed by atoms with Crippen LogP contribution in [0, 0.1) is 0 Å². The van der Waals surface area contributed by atoms with Crippen molar-refractivity contribution in [3.8, 4) is 0 Å². The van der Waals surface area contributed by atoms with Crippen LogP contribution in [-0.4, -0.2) is 113 Å². The molecule has 6 heterocycles. The van der Waals surface area contributed by atoms with Crippen LogP contribution in [-0.2, 0) is 0 Å². The minimum atomic E-state index is -3.38. The van der Waals surface area contributed by atoms with Crippen molar-refractivity contribution < 1.29 is 0 Å². The van der Waals surface area contributed by atoms with Gasteiger partial charge in [0.2, 0.25) is 0 Å². The molecule has 6 aliphatic heterocycles. The summed E-state index contributed by atoms with van der Waals surface area (Å²) in [6.07, 6.45) is 0. The third-order valence-corrected chi connectivity index (χ3v) is 89.9. The van der Waals surface area contributed by atoms with Gasteiger partial charge in [0.05, 0.1) is 0 Å². The molecule has 12 rings (SSSR count). The third kappa shape index (κ3) is 13.1. The molecule has 0 spiro atoms. The molecule has 14 heteroatoms. The first kappa shape index (κ1) is 76.5. The number of rotatable bonds is 20. The third-order valence-electron chi connectivity index (χ3n) is 23.2. The molecular formula is C80H136Si14. The van der Waals surface area contributed by atoms with E-state index in [1.54, 1.807) is 54.1 Å². The highest BCUT2D eigenvalue weighted by Crippen LogP contribution is 2.56. The molecule has 512 valence electrons. The minimum absolute atomic E-state index is 0.175. The van der Waals surface area contributed by atoms with E-state index in [1.165, 1.54) is 0 Å². The molecule has 0 nitrogen and oxygen atoms in total. The van der Waals surface area contributed by atoms with E-state index in [9.17, 15) is 0 Å². The fourth-order valence-electron chi connectivity index (χ4n) is 24.5. The predicted octanol–water partition coefficient (Wildman–Crippen LogP) is 21.3. The highest BCUT2D eigenvalue weighted by atomic mass is 28.4. The van der Waals surface area contributed by atoms with Gasteiger partial charge >= 0.3 is 0 Å². The zero-order valence-corrected chi connectivity index (χ0v) is 81.2. The molecule has 0 N–H and O–H groups in total. The molecule has 0 saturated carbocycles. The Hall–Kier alpha value is -1.64. The molecule has 0 saturated heterocycles. The Balaban J connectivity index is 1.71. The molecule has 0 radical (unpaired) electrons. The Morgan fingerprint density at radius 1 is 0.213 bits per heavy atom. The van der Waals surface area contributed by atoms with Gasteiger partial charge in [0, 0.05) is 108 Å². The number of benzene rings is 6. The Bertz CT molecular complexity index is 3290. The van der Waals surface area contributed by atoms with Crippen molar-refractivity contribution >= 4 is 144 Å². The van der Waals surface area contributed by atoms with Crippen LogP contribution in [0.1, 0.15) is 97.7 Å². The lowest BCUT2D eigenvalue weighted by Gasteiger charge is -2.62. The van der Waals surface area contributed by atoms with Gasteiger partial charge in [-0.15, -0.1) is 0 Å². The summed E-state index contributed by atoms with van der Waals surface area (Å²) >= 11 is 0. The first-order valence-corrected chi connectivity index (χ1v) is 84.1. The molecule has 6 aliphatic rings. The van der Waals surface area contributed by atoms with Crippen LogP contribution in [0.25, 0.3) is 0 Å². The molecule has 0 aliphatic carbocycles. The maximum atomic E-state index is 3.10. The van der Waals surface area contributed by atoms with E-state index in [-0.39, 0.29) is 11.1 Å². The molecule has 0 fully saturated rings. The van der Waals surface area contributed by atoms with Gasteiger partial charge in [-0.25, -0.2) is 0 Å². The lowest BCUT2D eigenvalue weighted by molar-refractivity contribution is 1.01. The van der Waals surface area contributed by atoms with E-state index in [1.807, 2.05) is 32.6 Å². The van der Waals surface area contributed by atoms with E-state index in [4.69, 9.17) is 0 Å². The number of hydrogen-bond donors (Lipinski definition) is 0. The van der Waals surface area contributed by atoms with Gasteiger partial charge in [-0.05, 0) is 118 Å². The highest BCUT2D eigenvalue weighted by molar-refractivity contribution is 7.21. The molecule has 4 bridgehead atoms. The summed E-state index contributed by atoms with van der Waals surface area (Å²) in [6, 6.07) is 55.7. The van der Waals surface area contributed by atoms with Gasteiger partial charge in [0.1, 0.15) is 0 Å². The van der Waals surface area contributed by atoms with Crippen molar-refractivity contribution in [2.75, 3.05) is 0 Å². The second-order valence-electron chi connectivity index (χ2n) is 44.0. The minimum Gasteiger partial charge on any atom is -0.0693 e. The van der Waals surface area contributed by atoms with E-state index in [0.29, 0.717) is 31.0 Å². The highest BCUT2D eigenvalue weighted by Gasteiger charge is 2.69. The van der Waals surface area contributed by atoms with Gasteiger partial charge in [-0.1, -0.05) is 357 Å². The lowest BCUT2D eigenvalue weighted by atomic mass is 10.00. The Morgan fingerprint density at radius 3 is 0.511 bits per heavy atom. The van der Waals surface area contributed by atoms with Crippen molar-refractivity contribution in [1.29, 1.82) is 0 Å². The Kier molecular flexibility index (Phi) is 20.0. The second-order valence-corrected chi connectivity index (χ2v) is 119. The van der Waals surface area contributed by atoms with Gasteiger partial charge in [0.15, 0.2) is 16.1 Å². The number of hydrogen-bond acceptors (Lipinski definition) is 0. The van der Waals surface area contributed by atoms with Gasteiger partial charge in [0.25, 0.3) is 0 Å². The predicted molar refractivity (Wildman–Crippen MR) is 468 cm³/mol. The molecule has 0 atom stereocenters. The molecule has 94 heavy (non-hydrogen) atoms. The summed E-state index contributed by atoms with van der Waals surface area (Å²) in [5, 5.41) is 14.5. The van der Waals surface area contributed by atoms with Crippen LogP contribution in [0.4, 0.5) is 0 Å². The topological polar surface area (TPSA) is 0 Å². The standard InChI is InChI=1S/C80H136Si14/c1-81(2,3)75(82(4,5)6)57-53-63(77(85(13,14)15)86(16,17)18)73(64(54-57)78(87(19,20)21)88(22,23)24)93-67-49-41-37-45-59(67)72(60-46-38-42-50-68(60)93)94(69-51-43-39-47-61(69)71(93)62-48-40-44-52-70(62)94)74-65(79(89(25,26)27)90(28,29)30)55-58(76(83(7,8)9)84(10,11)12)56-66(74)80(91(31,32)33)92(34,35)36/h37-56,71-72,75-80H,1-36H3. The zero-order valence-electron chi connectivity index (χ0n) is 67.2. The van der Waals surface area contributed by atoms with Gasteiger partial charge < -0.3 is 0 Å². The van der Waals surface area contributed by atoms with E-state index in [0.717, 1.165) is 0 Å². The summed E-state index contributed by atoms with van der Waals surface area (Å²) < 4.78 is 0. The fourth-order valence-corrected chi connectivity index (χ4v) is 116. The van der Waals surface area contributed by atoms with Crippen molar-refractivity contribution in [2.45, 2.75) is 278 Å². The van der Waals surface area contributed by atoms with Crippen molar-refractivity contribution in [3.05, 3.63) is 177 Å². The van der Waals surface area contributed by atoms with Crippen molar-refractivity contribution in [3.63, 3.8) is 0 Å². The first-order valence-electron chi connectivity index (χ1n) is 37.0. The molecule has 6 aromatic rings. The monoisotopic (exact) mass is 1490 g/mol.